The SMILES string of the molecule is COc1cc(CC(=O)N2CCc3c(n(Cc4sc(C(F)(F)F)nc4C)c4ncccc34)C2)cc(OC)c1C=O. The van der Waals surface area contributed by atoms with Gasteiger partial charge in [-0.05, 0) is 48.7 Å². The third-order valence-electron chi connectivity index (χ3n) is 6.88. The smallest absolute Gasteiger partial charge is 0.443 e. The van der Waals surface area contributed by atoms with Gasteiger partial charge in [-0.1, -0.05) is 0 Å². The largest absolute Gasteiger partial charge is 0.496 e. The molecule has 0 radical (unpaired) electrons. The van der Waals surface area contributed by atoms with Crippen LogP contribution in [0.2, 0.25) is 0 Å². The molecule has 204 valence electrons. The molecule has 5 rings (SSSR count). The Morgan fingerprint density at radius 1 is 1.21 bits per heavy atom. The van der Waals surface area contributed by atoms with Gasteiger partial charge in [-0.25, -0.2) is 9.97 Å². The average Bonchev–Trinajstić information content (AvgIpc) is 3.45. The Morgan fingerprint density at radius 3 is 2.54 bits per heavy atom. The number of hydrogen-bond acceptors (Lipinski definition) is 7. The minimum absolute atomic E-state index is 0.0581. The number of ether oxygens (including phenoxy) is 2. The Labute approximate surface area is 226 Å². The molecule has 3 aromatic heterocycles. The Bertz CT molecular complexity index is 1550. The third kappa shape index (κ3) is 4.96. The molecule has 1 aliphatic rings. The summed E-state index contributed by atoms with van der Waals surface area (Å²) < 4.78 is 52.4. The lowest BCUT2D eigenvalue weighted by Crippen LogP contribution is -2.37. The molecule has 12 heteroatoms. The van der Waals surface area contributed by atoms with Crippen LogP contribution in [0.15, 0.2) is 30.5 Å². The number of thiazole rings is 1. The second-order valence-corrected chi connectivity index (χ2v) is 10.3. The van der Waals surface area contributed by atoms with Gasteiger partial charge >= 0.3 is 6.18 Å². The van der Waals surface area contributed by atoms with Crippen molar-refractivity contribution in [2.24, 2.45) is 0 Å². The number of hydrogen-bond donors (Lipinski definition) is 0. The van der Waals surface area contributed by atoms with Crippen LogP contribution in [0.4, 0.5) is 13.2 Å². The number of aryl methyl sites for hydroxylation is 1. The molecule has 0 unspecified atom stereocenters. The number of halogens is 3. The Hall–Kier alpha value is -3.93. The summed E-state index contributed by atoms with van der Waals surface area (Å²) in [7, 11) is 2.88. The van der Waals surface area contributed by atoms with Crippen molar-refractivity contribution in [2.45, 2.75) is 39.0 Å². The first-order valence-electron chi connectivity index (χ1n) is 12.1. The minimum Gasteiger partial charge on any atom is -0.496 e. The van der Waals surface area contributed by atoms with E-state index in [2.05, 4.69) is 9.97 Å². The fourth-order valence-corrected chi connectivity index (χ4v) is 5.90. The number of alkyl halides is 3. The van der Waals surface area contributed by atoms with Gasteiger partial charge in [0, 0.05) is 28.7 Å². The predicted molar refractivity (Wildman–Crippen MR) is 138 cm³/mol. The molecule has 0 saturated carbocycles. The standard InChI is InChI=1S/C27H25F3N4O4S/c1-15-23(39-26(32-15)27(28,29)30)13-34-20-12-33(8-6-17(20)18-5-4-7-31-25(18)34)24(36)11-16-9-21(37-2)19(14-35)22(10-16)38-3/h4-5,7,9-10,14H,6,8,11-13H2,1-3H3. The molecule has 0 bridgehead atoms. The lowest BCUT2D eigenvalue weighted by molar-refractivity contribution is -0.137. The van der Waals surface area contributed by atoms with E-state index in [-0.39, 0.29) is 31.0 Å². The maximum atomic E-state index is 13.4. The van der Waals surface area contributed by atoms with Gasteiger partial charge in [-0.2, -0.15) is 13.2 Å². The van der Waals surface area contributed by atoms with Crippen LogP contribution in [0.3, 0.4) is 0 Å². The van der Waals surface area contributed by atoms with Crippen molar-refractivity contribution >= 4 is 34.6 Å². The van der Waals surface area contributed by atoms with E-state index in [9.17, 15) is 22.8 Å². The first-order chi connectivity index (χ1) is 18.6. The molecule has 0 fully saturated rings. The van der Waals surface area contributed by atoms with Crippen molar-refractivity contribution in [3.63, 3.8) is 0 Å². The van der Waals surface area contributed by atoms with E-state index in [1.165, 1.54) is 14.2 Å². The molecule has 0 N–H and O–H groups in total. The number of pyridine rings is 1. The second-order valence-electron chi connectivity index (χ2n) is 9.19. The second kappa shape index (κ2) is 10.3. The first kappa shape index (κ1) is 26.7. The van der Waals surface area contributed by atoms with Crippen molar-refractivity contribution < 1.29 is 32.2 Å². The molecule has 0 atom stereocenters. The van der Waals surface area contributed by atoms with E-state index >= 15 is 0 Å². The highest BCUT2D eigenvalue weighted by atomic mass is 32.1. The molecule has 4 aromatic rings. The minimum atomic E-state index is -4.51. The van der Waals surface area contributed by atoms with E-state index < -0.39 is 11.2 Å². The summed E-state index contributed by atoms with van der Waals surface area (Å²) in [5.41, 5.74) is 3.77. The summed E-state index contributed by atoms with van der Waals surface area (Å²) in [6, 6.07) is 7.06. The van der Waals surface area contributed by atoms with Crippen LogP contribution in [0, 0.1) is 6.92 Å². The summed E-state index contributed by atoms with van der Waals surface area (Å²) in [4.78, 5) is 35.4. The van der Waals surface area contributed by atoms with Crippen LogP contribution in [0.25, 0.3) is 11.0 Å². The monoisotopic (exact) mass is 558 g/mol. The van der Waals surface area contributed by atoms with Crippen LogP contribution < -0.4 is 9.47 Å². The number of amides is 1. The Kier molecular flexibility index (Phi) is 7.06. The quantitative estimate of drug-likeness (QED) is 0.302. The molecule has 1 aromatic carbocycles. The highest BCUT2D eigenvalue weighted by Crippen LogP contribution is 2.36. The van der Waals surface area contributed by atoms with E-state index in [1.54, 1.807) is 30.2 Å². The number of nitrogens with zero attached hydrogens (tertiary/aromatic N) is 4. The normalized spacial score (nSPS) is 13.4. The van der Waals surface area contributed by atoms with Crippen molar-refractivity contribution in [2.75, 3.05) is 20.8 Å². The molecular formula is C27H25F3N4O4S. The lowest BCUT2D eigenvalue weighted by atomic mass is 10.0. The molecule has 39 heavy (non-hydrogen) atoms. The van der Waals surface area contributed by atoms with Gasteiger partial charge in [0.15, 0.2) is 11.3 Å². The predicted octanol–water partition coefficient (Wildman–Crippen LogP) is 4.83. The van der Waals surface area contributed by atoms with Crippen LogP contribution in [0.1, 0.15) is 42.8 Å². The number of carbonyl (C=O) groups excluding carboxylic acids is 2. The van der Waals surface area contributed by atoms with Gasteiger partial charge in [0.05, 0.1) is 45.0 Å². The molecule has 1 aliphatic heterocycles. The van der Waals surface area contributed by atoms with E-state index in [4.69, 9.17) is 9.47 Å². The molecule has 1 amide bonds. The molecule has 0 spiro atoms. The number of benzene rings is 1. The number of carbonyl (C=O) groups is 2. The highest BCUT2D eigenvalue weighted by molar-refractivity contribution is 7.11. The topological polar surface area (TPSA) is 86.6 Å². The van der Waals surface area contributed by atoms with Crippen LogP contribution in [-0.4, -0.2) is 52.4 Å². The van der Waals surface area contributed by atoms with Crippen LogP contribution in [0.5, 0.6) is 11.5 Å². The van der Waals surface area contributed by atoms with Crippen molar-refractivity contribution in [3.05, 3.63) is 68.4 Å². The molecule has 8 nitrogen and oxygen atoms in total. The maximum Gasteiger partial charge on any atom is 0.443 e. The molecule has 0 aliphatic carbocycles. The van der Waals surface area contributed by atoms with Gasteiger partial charge in [0.25, 0.3) is 0 Å². The third-order valence-corrected chi connectivity index (χ3v) is 8.07. The zero-order valence-corrected chi connectivity index (χ0v) is 22.3. The first-order valence-corrected chi connectivity index (χ1v) is 12.9. The average molecular weight is 559 g/mol. The van der Waals surface area contributed by atoms with Crippen LogP contribution in [-0.2, 0) is 36.9 Å². The highest BCUT2D eigenvalue weighted by Gasteiger charge is 2.36. The fourth-order valence-electron chi connectivity index (χ4n) is 4.98. The number of aromatic nitrogens is 3. The van der Waals surface area contributed by atoms with Crippen molar-refractivity contribution in [1.29, 1.82) is 0 Å². The fraction of sp³-hybridized carbons (Fsp3) is 0.333. The summed E-state index contributed by atoms with van der Waals surface area (Å²) in [5.74, 6) is 0.497. The molecule has 0 saturated heterocycles. The summed E-state index contributed by atoms with van der Waals surface area (Å²) in [5, 5.41) is 0.0493. The number of fused-ring (bicyclic) bond motifs is 3. The summed E-state index contributed by atoms with van der Waals surface area (Å²) in [6.07, 6.45) is -1.57. The van der Waals surface area contributed by atoms with E-state index in [0.717, 1.165) is 16.6 Å². The van der Waals surface area contributed by atoms with Crippen molar-refractivity contribution in [1.82, 2.24) is 19.4 Å². The summed E-state index contributed by atoms with van der Waals surface area (Å²) >= 11 is 0.629. The molecule has 4 heterocycles. The maximum absolute atomic E-state index is 13.4. The Morgan fingerprint density at radius 2 is 1.92 bits per heavy atom. The van der Waals surface area contributed by atoms with Gasteiger partial charge in [-0.15, -0.1) is 11.3 Å². The van der Waals surface area contributed by atoms with Gasteiger partial charge in [0.2, 0.25) is 5.91 Å². The van der Waals surface area contributed by atoms with E-state index in [0.29, 0.717) is 63.9 Å². The van der Waals surface area contributed by atoms with Crippen LogP contribution >= 0.6 is 11.3 Å². The van der Waals surface area contributed by atoms with Crippen molar-refractivity contribution in [3.8, 4) is 11.5 Å². The van der Waals surface area contributed by atoms with Gasteiger partial charge < -0.3 is 18.9 Å². The lowest BCUT2D eigenvalue weighted by Gasteiger charge is -2.29. The van der Waals surface area contributed by atoms with Gasteiger partial charge in [0.1, 0.15) is 17.1 Å². The summed E-state index contributed by atoms with van der Waals surface area (Å²) in [6.45, 7) is 2.51. The molecular weight excluding hydrogens is 533 g/mol. The van der Waals surface area contributed by atoms with E-state index in [1.807, 2.05) is 16.7 Å². The number of aldehydes is 1. The van der Waals surface area contributed by atoms with Gasteiger partial charge in [-0.3, -0.25) is 9.59 Å². The Balaban J connectivity index is 1.46. The zero-order chi connectivity index (χ0) is 27.9. The zero-order valence-electron chi connectivity index (χ0n) is 21.5. The number of methoxy groups -OCH3 is 2. The number of rotatable bonds is 7.